The van der Waals surface area contributed by atoms with E-state index in [0.29, 0.717) is 37.0 Å². The Hall–Kier alpha value is -1.43. The number of piperidine rings is 1. The van der Waals surface area contributed by atoms with Gasteiger partial charge in [0, 0.05) is 54.0 Å². The maximum Gasteiger partial charge on any atom is 0.425 e. The van der Waals surface area contributed by atoms with E-state index in [1.165, 1.54) is 18.5 Å². The maximum atomic E-state index is 13.3. The van der Waals surface area contributed by atoms with Crippen molar-refractivity contribution in [3.05, 3.63) is 33.2 Å². The van der Waals surface area contributed by atoms with Crippen LogP contribution in [0.2, 0.25) is 0 Å². The predicted molar refractivity (Wildman–Crippen MR) is 112 cm³/mol. The number of halogens is 3. The van der Waals surface area contributed by atoms with Crippen LogP contribution >= 0.6 is 11.3 Å². The molecule has 11 heteroatoms. The number of fused-ring (bicyclic) bond motifs is 2. The van der Waals surface area contributed by atoms with Crippen molar-refractivity contribution < 1.29 is 26.3 Å². The molecule has 1 saturated heterocycles. The van der Waals surface area contributed by atoms with Crippen LogP contribution in [0.3, 0.4) is 0 Å². The lowest BCUT2D eigenvalue weighted by molar-refractivity contribution is -0.134. The van der Waals surface area contributed by atoms with Crippen LogP contribution in [0.25, 0.3) is 0 Å². The Morgan fingerprint density at radius 2 is 2.20 bits per heavy atom. The van der Waals surface area contributed by atoms with Gasteiger partial charge in [-0.15, -0.1) is 11.3 Å². The average molecular weight is 466 g/mol. The fourth-order valence-corrected chi connectivity index (χ4v) is 5.65. The second-order valence-electron chi connectivity index (χ2n) is 7.90. The molecular formula is C19H26F3N3O3S2. The number of rotatable bonds is 5. The van der Waals surface area contributed by atoms with Crippen LogP contribution < -0.4 is 11.1 Å². The van der Waals surface area contributed by atoms with Crippen LogP contribution in [0.4, 0.5) is 13.2 Å². The monoisotopic (exact) mass is 465 g/mol. The minimum absolute atomic E-state index is 0.0247. The summed E-state index contributed by atoms with van der Waals surface area (Å²) in [5.41, 5.74) is 6.24. The molecule has 30 heavy (non-hydrogen) atoms. The molecule has 3 N–H and O–H groups in total. The van der Waals surface area contributed by atoms with Crippen LogP contribution in [-0.4, -0.2) is 51.9 Å². The number of ether oxygens (including phenoxy) is 1. The molecule has 6 nitrogen and oxygen atoms in total. The fourth-order valence-electron chi connectivity index (χ4n) is 4.12. The predicted octanol–water partition coefficient (Wildman–Crippen LogP) is 2.63. The third kappa shape index (κ3) is 5.24. The highest BCUT2D eigenvalue weighted by Crippen LogP contribution is 2.49. The summed E-state index contributed by atoms with van der Waals surface area (Å²) >= 11 is 0.798. The van der Waals surface area contributed by atoms with E-state index in [-0.39, 0.29) is 24.4 Å². The first-order chi connectivity index (χ1) is 13.9. The Bertz CT molecular complexity index is 941. The standard InChI is InChI=1S/C19H26F3N3O3S2/c1-12-8-18(14-7-17(19(20,21)22)29-16(14)3-5-28-18)9-15(25-12)13(10-23)11-24-4-6-30(2,26)27/h7,10-12,15,25H,3-6,8-9,23H2,1-2H3/b13-10+,24-11?. The molecule has 3 atom stereocenters. The summed E-state index contributed by atoms with van der Waals surface area (Å²) in [5.74, 6) is -0.0681. The first-order valence-electron chi connectivity index (χ1n) is 9.63. The topological polar surface area (TPSA) is 93.8 Å². The molecular weight excluding hydrogens is 439 g/mol. The van der Waals surface area contributed by atoms with Crippen molar-refractivity contribution in [2.45, 2.75) is 50.0 Å². The molecule has 1 fully saturated rings. The summed E-state index contributed by atoms with van der Waals surface area (Å²) in [7, 11) is -3.12. The zero-order valence-corrected chi connectivity index (χ0v) is 18.5. The number of hydrogen-bond acceptors (Lipinski definition) is 7. The van der Waals surface area contributed by atoms with Crippen molar-refractivity contribution in [1.82, 2.24) is 5.32 Å². The van der Waals surface area contributed by atoms with Gasteiger partial charge in [-0.2, -0.15) is 13.2 Å². The molecule has 0 bridgehead atoms. The molecule has 0 aliphatic carbocycles. The maximum absolute atomic E-state index is 13.3. The molecule has 168 valence electrons. The van der Waals surface area contributed by atoms with Crippen molar-refractivity contribution in [3.8, 4) is 0 Å². The third-order valence-corrected chi connectivity index (χ3v) is 7.53. The van der Waals surface area contributed by atoms with Gasteiger partial charge in [-0.3, -0.25) is 4.99 Å². The number of nitrogens with two attached hydrogens (primary N) is 1. The highest BCUT2D eigenvalue weighted by molar-refractivity contribution is 7.90. The van der Waals surface area contributed by atoms with E-state index in [0.717, 1.165) is 22.5 Å². The molecule has 1 aromatic rings. The first-order valence-corrected chi connectivity index (χ1v) is 12.5. The van der Waals surface area contributed by atoms with Gasteiger partial charge in [0.05, 0.1) is 24.5 Å². The van der Waals surface area contributed by atoms with Gasteiger partial charge in [-0.1, -0.05) is 0 Å². The Labute approximate surface area is 178 Å². The van der Waals surface area contributed by atoms with E-state index in [4.69, 9.17) is 10.5 Å². The number of thiophene rings is 1. The Morgan fingerprint density at radius 3 is 2.83 bits per heavy atom. The lowest BCUT2D eigenvalue weighted by Gasteiger charge is -2.46. The summed E-state index contributed by atoms with van der Waals surface area (Å²) < 4.78 is 68.5. The Kier molecular flexibility index (Phi) is 6.66. The van der Waals surface area contributed by atoms with E-state index in [1.807, 2.05) is 6.92 Å². The average Bonchev–Trinajstić information content (AvgIpc) is 3.07. The minimum atomic E-state index is -4.38. The van der Waals surface area contributed by atoms with Crippen molar-refractivity contribution in [3.63, 3.8) is 0 Å². The first kappa shape index (κ1) is 23.2. The molecule has 0 radical (unpaired) electrons. The zero-order chi connectivity index (χ0) is 22.2. The Balaban J connectivity index is 1.85. The van der Waals surface area contributed by atoms with Crippen molar-refractivity contribution in [1.29, 1.82) is 0 Å². The van der Waals surface area contributed by atoms with Gasteiger partial charge >= 0.3 is 6.18 Å². The molecule has 0 saturated carbocycles. The number of aliphatic imine (C=N–C) groups is 1. The van der Waals surface area contributed by atoms with E-state index in [1.54, 1.807) is 0 Å². The van der Waals surface area contributed by atoms with Gasteiger partial charge in [-0.05, 0) is 25.0 Å². The highest BCUT2D eigenvalue weighted by Gasteiger charge is 2.47. The molecule has 0 amide bonds. The summed E-state index contributed by atoms with van der Waals surface area (Å²) in [6, 6.07) is 0.935. The van der Waals surface area contributed by atoms with Crippen molar-refractivity contribution in [2.24, 2.45) is 10.7 Å². The zero-order valence-electron chi connectivity index (χ0n) is 16.8. The molecule has 3 heterocycles. The van der Waals surface area contributed by atoms with Gasteiger partial charge in [0.2, 0.25) is 0 Å². The Morgan fingerprint density at radius 1 is 1.47 bits per heavy atom. The van der Waals surface area contributed by atoms with Crippen LogP contribution in [0.15, 0.2) is 22.8 Å². The third-order valence-electron chi connectivity index (χ3n) is 5.37. The molecule has 0 aromatic carbocycles. The van der Waals surface area contributed by atoms with Gasteiger partial charge in [0.1, 0.15) is 14.7 Å². The van der Waals surface area contributed by atoms with Gasteiger partial charge in [-0.25, -0.2) is 8.42 Å². The van der Waals surface area contributed by atoms with Crippen molar-refractivity contribution >= 4 is 27.4 Å². The van der Waals surface area contributed by atoms with E-state index in [9.17, 15) is 21.6 Å². The SMILES string of the molecule is CC1CC2(CC(/C(C=NCCS(C)(=O)=O)=C/N)N1)OCCc1sc(C(F)(F)F)cc12. The van der Waals surface area contributed by atoms with E-state index < -0.39 is 26.5 Å². The number of hydrogen-bond donors (Lipinski definition) is 2. The fraction of sp³-hybridized carbons (Fsp3) is 0.632. The van der Waals surface area contributed by atoms with Crippen LogP contribution in [-0.2, 0) is 32.8 Å². The van der Waals surface area contributed by atoms with Gasteiger partial charge in [0.25, 0.3) is 0 Å². The molecule has 3 unspecified atom stereocenters. The largest absolute Gasteiger partial charge is 0.425 e. The normalized spacial score (nSPS) is 28.2. The summed E-state index contributed by atoms with van der Waals surface area (Å²) in [6.07, 6.45) is 1.13. The highest BCUT2D eigenvalue weighted by atomic mass is 32.2. The quantitative estimate of drug-likeness (QED) is 0.652. The number of nitrogens with zero attached hydrogens (tertiary/aromatic N) is 1. The molecule has 1 aromatic heterocycles. The molecule has 2 aliphatic rings. The van der Waals surface area contributed by atoms with Crippen LogP contribution in [0.1, 0.15) is 35.1 Å². The van der Waals surface area contributed by atoms with Crippen LogP contribution in [0.5, 0.6) is 0 Å². The second-order valence-corrected chi connectivity index (χ2v) is 11.3. The van der Waals surface area contributed by atoms with E-state index >= 15 is 0 Å². The molecule has 1 spiro atoms. The van der Waals surface area contributed by atoms with Crippen molar-refractivity contribution in [2.75, 3.05) is 25.2 Å². The number of sulfone groups is 1. The lowest BCUT2D eigenvalue weighted by atomic mass is 9.76. The molecule has 2 aliphatic heterocycles. The number of nitrogens with one attached hydrogen (secondary N) is 1. The summed E-state index contributed by atoms with van der Waals surface area (Å²) in [5, 5.41) is 3.41. The smallest absolute Gasteiger partial charge is 0.404 e. The second kappa shape index (κ2) is 8.60. The van der Waals surface area contributed by atoms with Gasteiger partial charge in [0.15, 0.2) is 0 Å². The van der Waals surface area contributed by atoms with Gasteiger partial charge < -0.3 is 15.8 Å². The molecule has 3 rings (SSSR count). The lowest BCUT2D eigenvalue weighted by Crippen LogP contribution is -2.54. The summed E-state index contributed by atoms with van der Waals surface area (Å²) in [4.78, 5) is 4.29. The number of alkyl halides is 3. The minimum Gasteiger partial charge on any atom is -0.404 e. The van der Waals surface area contributed by atoms with Crippen LogP contribution in [0, 0.1) is 0 Å². The summed E-state index contributed by atoms with van der Waals surface area (Å²) in [6.45, 7) is 2.44. The van der Waals surface area contributed by atoms with E-state index in [2.05, 4.69) is 10.3 Å².